The van der Waals surface area contributed by atoms with E-state index in [1.54, 1.807) is 6.92 Å². The number of aryl methyl sites for hydroxylation is 1. The predicted molar refractivity (Wildman–Crippen MR) is 79.7 cm³/mol. The van der Waals surface area contributed by atoms with E-state index in [1.807, 2.05) is 0 Å². The molecule has 0 unspecified atom stereocenters. The third-order valence-electron chi connectivity index (χ3n) is 3.64. The van der Waals surface area contributed by atoms with Gasteiger partial charge in [0.15, 0.2) is 0 Å². The van der Waals surface area contributed by atoms with E-state index in [2.05, 4.69) is 32.4 Å². The molecule has 0 aromatic carbocycles. The maximum absolute atomic E-state index is 12.3. The summed E-state index contributed by atoms with van der Waals surface area (Å²) in [5.41, 5.74) is 5.47. The first-order valence-electron chi connectivity index (χ1n) is 6.98. The van der Waals surface area contributed by atoms with Crippen molar-refractivity contribution in [2.45, 2.75) is 46.1 Å². The topological polar surface area (TPSA) is 85.3 Å². The van der Waals surface area contributed by atoms with Crippen molar-refractivity contribution in [2.24, 2.45) is 23.5 Å². The highest BCUT2D eigenvalue weighted by molar-refractivity contribution is 7.89. The Hall–Kier alpha value is -0.850. The number of hydrogen-bond donors (Lipinski definition) is 2. The smallest absolute Gasteiger partial charge is 0.244 e. The number of furan rings is 1. The maximum atomic E-state index is 12.3. The average molecular weight is 302 g/mol. The number of rotatable bonds is 7. The summed E-state index contributed by atoms with van der Waals surface area (Å²) in [6.07, 6.45) is 0. The van der Waals surface area contributed by atoms with Crippen LogP contribution in [0, 0.1) is 24.7 Å². The summed E-state index contributed by atoms with van der Waals surface area (Å²) in [4.78, 5) is 0.184. The van der Waals surface area contributed by atoms with Crippen LogP contribution in [0.25, 0.3) is 0 Å². The molecular formula is C14H26N2O3S. The summed E-state index contributed by atoms with van der Waals surface area (Å²) in [6, 6.07) is 1.50. The number of nitrogens with two attached hydrogens (primary N) is 1. The van der Waals surface area contributed by atoms with Gasteiger partial charge in [-0.05, 0) is 24.7 Å². The highest BCUT2D eigenvalue weighted by atomic mass is 32.2. The molecule has 0 saturated carbocycles. The fourth-order valence-corrected chi connectivity index (χ4v) is 3.69. The van der Waals surface area contributed by atoms with Gasteiger partial charge in [-0.1, -0.05) is 27.7 Å². The first-order chi connectivity index (χ1) is 9.19. The van der Waals surface area contributed by atoms with Crippen molar-refractivity contribution in [3.8, 4) is 0 Å². The predicted octanol–water partition coefficient (Wildman–Crippen LogP) is 2.25. The quantitative estimate of drug-likeness (QED) is 0.809. The van der Waals surface area contributed by atoms with E-state index in [0.29, 0.717) is 35.8 Å². The van der Waals surface area contributed by atoms with Crippen LogP contribution >= 0.6 is 0 Å². The maximum Gasteiger partial charge on any atom is 0.244 e. The second-order valence-corrected chi connectivity index (χ2v) is 7.58. The molecule has 0 fully saturated rings. The summed E-state index contributed by atoms with van der Waals surface area (Å²) in [5, 5.41) is 0. The average Bonchev–Trinajstić information content (AvgIpc) is 2.70. The third-order valence-corrected chi connectivity index (χ3v) is 5.17. The molecule has 5 nitrogen and oxygen atoms in total. The molecule has 3 N–H and O–H groups in total. The standard InChI is InChI=1S/C14H26N2O3S/c1-9(2)13(10(3)4)8-16-20(17,18)14-6-12(7-15)19-11(14)5/h6,9-10,13,16H,7-8,15H2,1-5H3. The largest absolute Gasteiger partial charge is 0.464 e. The Morgan fingerprint density at radius 2 is 1.80 bits per heavy atom. The Balaban J connectivity index is 2.87. The van der Waals surface area contributed by atoms with Crippen LogP contribution in [-0.2, 0) is 16.6 Å². The van der Waals surface area contributed by atoms with Crippen molar-refractivity contribution >= 4 is 10.0 Å². The molecule has 0 aliphatic heterocycles. The normalized spacial score (nSPS) is 12.8. The van der Waals surface area contributed by atoms with Crippen LogP contribution in [0.3, 0.4) is 0 Å². The van der Waals surface area contributed by atoms with Crippen molar-refractivity contribution < 1.29 is 12.8 Å². The lowest BCUT2D eigenvalue weighted by Gasteiger charge is -2.24. The highest BCUT2D eigenvalue weighted by Gasteiger charge is 2.24. The number of nitrogens with one attached hydrogen (secondary N) is 1. The van der Waals surface area contributed by atoms with E-state index < -0.39 is 10.0 Å². The van der Waals surface area contributed by atoms with Crippen LogP contribution in [0.4, 0.5) is 0 Å². The van der Waals surface area contributed by atoms with Gasteiger partial charge in [0.1, 0.15) is 16.4 Å². The van der Waals surface area contributed by atoms with Crippen molar-refractivity contribution in [1.29, 1.82) is 0 Å². The van der Waals surface area contributed by atoms with Crippen molar-refractivity contribution in [1.82, 2.24) is 4.72 Å². The van der Waals surface area contributed by atoms with Gasteiger partial charge in [-0.25, -0.2) is 13.1 Å². The van der Waals surface area contributed by atoms with Crippen molar-refractivity contribution in [3.63, 3.8) is 0 Å². The molecule has 1 aromatic rings. The molecule has 116 valence electrons. The SMILES string of the molecule is Cc1oc(CN)cc1S(=O)(=O)NCC(C(C)C)C(C)C. The Morgan fingerprint density at radius 3 is 2.20 bits per heavy atom. The van der Waals surface area contributed by atoms with Crippen LogP contribution in [0.1, 0.15) is 39.2 Å². The van der Waals surface area contributed by atoms with E-state index in [-0.39, 0.29) is 11.4 Å². The Morgan fingerprint density at radius 1 is 1.25 bits per heavy atom. The molecule has 0 amide bonds. The van der Waals surface area contributed by atoms with E-state index >= 15 is 0 Å². The molecule has 20 heavy (non-hydrogen) atoms. The molecule has 0 aliphatic carbocycles. The lowest BCUT2D eigenvalue weighted by atomic mass is 9.86. The van der Waals surface area contributed by atoms with Gasteiger partial charge in [0.25, 0.3) is 0 Å². The minimum absolute atomic E-state index is 0.184. The van der Waals surface area contributed by atoms with E-state index in [0.717, 1.165) is 0 Å². The second kappa shape index (κ2) is 6.74. The molecule has 0 radical (unpaired) electrons. The monoisotopic (exact) mass is 302 g/mol. The molecule has 1 heterocycles. The minimum atomic E-state index is -3.54. The van der Waals surface area contributed by atoms with Crippen LogP contribution < -0.4 is 10.5 Å². The molecule has 1 rings (SSSR count). The fraction of sp³-hybridized carbons (Fsp3) is 0.714. The van der Waals surface area contributed by atoms with Gasteiger partial charge >= 0.3 is 0 Å². The number of hydrogen-bond acceptors (Lipinski definition) is 4. The van der Waals surface area contributed by atoms with E-state index in [1.165, 1.54) is 6.07 Å². The summed E-state index contributed by atoms with van der Waals surface area (Å²) >= 11 is 0. The van der Waals surface area contributed by atoms with Crippen LogP contribution in [0.5, 0.6) is 0 Å². The first kappa shape index (κ1) is 17.2. The van der Waals surface area contributed by atoms with E-state index in [9.17, 15) is 8.42 Å². The van der Waals surface area contributed by atoms with Crippen molar-refractivity contribution in [2.75, 3.05) is 6.54 Å². The summed E-state index contributed by atoms with van der Waals surface area (Å²) < 4.78 is 32.6. The summed E-state index contributed by atoms with van der Waals surface area (Å²) in [6.45, 7) is 10.7. The molecule has 0 bridgehead atoms. The zero-order valence-electron chi connectivity index (χ0n) is 12.9. The minimum Gasteiger partial charge on any atom is -0.464 e. The molecule has 0 aliphatic rings. The fourth-order valence-electron chi connectivity index (χ4n) is 2.42. The van der Waals surface area contributed by atoms with Gasteiger partial charge in [-0.3, -0.25) is 0 Å². The van der Waals surface area contributed by atoms with E-state index in [4.69, 9.17) is 10.2 Å². The zero-order chi connectivity index (χ0) is 15.5. The van der Waals surface area contributed by atoms with Gasteiger partial charge in [0.2, 0.25) is 10.0 Å². The molecular weight excluding hydrogens is 276 g/mol. The molecule has 0 saturated heterocycles. The van der Waals surface area contributed by atoms with Crippen LogP contribution in [0.2, 0.25) is 0 Å². The van der Waals surface area contributed by atoms with Gasteiger partial charge in [-0.15, -0.1) is 0 Å². The lowest BCUT2D eigenvalue weighted by molar-refractivity contribution is 0.289. The lowest BCUT2D eigenvalue weighted by Crippen LogP contribution is -2.34. The van der Waals surface area contributed by atoms with Gasteiger partial charge in [-0.2, -0.15) is 0 Å². The second-order valence-electron chi connectivity index (χ2n) is 5.84. The van der Waals surface area contributed by atoms with Gasteiger partial charge < -0.3 is 10.2 Å². The van der Waals surface area contributed by atoms with Gasteiger partial charge in [0, 0.05) is 12.6 Å². The Bertz CT molecular complexity index is 525. The van der Waals surface area contributed by atoms with Crippen LogP contribution in [0.15, 0.2) is 15.4 Å². The summed E-state index contributed by atoms with van der Waals surface area (Å²) in [7, 11) is -3.54. The zero-order valence-corrected chi connectivity index (χ0v) is 13.8. The molecule has 1 aromatic heterocycles. The first-order valence-corrected chi connectivity index (χ1v) is 8.46. The Labute approximate surface area is 122 Å². The van der Waals surface area contributed by atoms with Crippen LogP contribution in [-0.4, -0.2) is 15.0 Å². The van der Waals surface area contributed by atoms with Crippen molar-refractivity contribution in [3.05, 3.63) is 17.6 Å². The third kappa shape index (κ3) is 4.07. The number of sulfonamides is 1. The molecule has 0 spiro atoms. The molecule has 0 atom stereocenters. The Kier molecular flexibility index (Phi) is 5.79. The molecule has 6 heteroatoms. The summed E-state index contributed by atoms with van der Waals surface area (Å²) in [5.74, 6) is 1.99. The highest BCUT2D eigenvalue weighted by Crippen LogP contribution is 2.22. The van der Waals surface area contributed by atoms with Gasteiger partial charge in [0.05, 0.1) is 6.54 Å².